The summed E-state index contributed by atoms with van der Waals surface area (Å²) in [6, 6.07) is 25.2. The van der Waals surface area contributed by atoms with E-state index in [2.05, 4.69) is 5.43 Å². The van der Waals surface area contributed by atoms with Gasteiger partial charge in [0, 0.05) is 29.6 Å². The SMILES string of the molecule is COc1ccc([C@@]23C(=O)N(Nc4ccc(Cl)cc4Cl)C(=O)[C@@H]2C[C@@H]2C(=CCn4c(=O)n(C)c(=O)n42)[C@@H]3c2ccc(OCc3ccccc3)cc2O)cc1. The van der Waals surface area contributed by atoms with Gasteiger partial charge in [0.1, 0.15) is 23.9 Å². The van der Waals surface area contributed by atoms with Crippen LogP contribution in [-0.2, 0) is 35.2 Å². The van der Waals surface area contributed by atoms with Crippen LogP contribution in [0.4, 0.5) is 5.69 Å². The zero-order chi connectivity index (χ0) is 37.2. The van der Waals surface area contributed by atoms with Crippen LogP contribution < -0.4 is 26.3 Å². The van der Waals surface area contributed by atoms with Gasteiger partial charge in [0.15, 0.2) is 0 Å². The normalized spacial score (nSPS) is 21.8. The van der Waals surface area contributed by atoms with Crippen molar-refractivity contribution in [3.63, 3.8) is 0 Å². The van der Waals surface area contributed by atoms with Crippen molar-refractivity contribution in [3.8, 4) is 17.2 Å². The molecule has 0 radical (unpaired) electrons. The Morgan fingerprint density at radius 2 is 1.64 bits per heavy atom. The van der Waals surface area contributed by atoms with Crippen LogP contribution in [0.3, 0.4) is 0 Å². The molecule has 2 fully saturated rings. The van der Waals surface area contributed by atoms with Crippen LogP contribution in [0.5, 0.6) is 17.2 Å². The number of nitrogens with one attached hydrogen (secondary N) is 1. The minimum absolute atomic E-state index is 0.00609. The average Bonchev–Trinajstić information content (AvgIpc) is 3.52. The molecule has 1 aliphatic carbocycles. The Morgan fingerprint density at radius 1 is 0.906 bits per heavy atom. The number of ether oxygens (including phenoxy) is 2. The number of allylic oxidation sites excluding steroid dienone is 2. The van der Waals surface area contributed by atoms with Gasteiger partial charge in [0.25, 0.3) is 11.8 Å². The number of hydrazine groups is 1. The predicted octanol–water partition coefficient (Wildman–Crippen LogP) is 5.57. The predicted molar refractivity (Wildman–Crippen MR) is 197 cm³/mol. The molecule has 3 heterocycles. The minimum atomic E-state index is -1.65. The van der Waals surface area contributed by atoms with E-state index < -0.39 is 46.5 Å². The zero-order valence-corrected chi connectivity index (χ0v) is 30.0. The highest BCUT2D eigenvalue weighted by atomic mass is 35.5. The van der Waals surface area contributed by atoms with Gasteiger partial charge in [-0.2, -0.15) is 5.01 Å². The molecule has 12 nitrogen and oxygen atoms in total. The third-order valence-electron chi connectivity index (χ3n) is 10.6. The average molecular weight is 755 g/mol. The molecule has 0 spiro atoms. The molecule has 0 unspecified atom stereocenters. The third-order valence-corrected chi connectivity index (χ3v) is 11.1. The number of halogens is 2. The summed E-state index contributed by atoms with van der Waals surface area (Å²) in [5.41, 5.74) is 2.86. The number of methoxy groups -OCH3 is 1. The molecule has 53 heavy (non-hydrogen) atoms. The van der Waals surface area contributed by atoms with E-state index in [0.29, 0.717) is 33.2 Å². The first-order valence-corrected chi connectivity index (χ1v) is 17.6. The molecule has 270 valence electrons. The molecule has 2 aliphatic heterocycles. The smallest absolute Gasteiger partial charge is 0.347 e. The number of phenolic OH excluding ortho intramolecular Hbond substituents is 1. The van der Waals surface area contributed by atoms with Gasteiger partial charge in [-0.1, -0.05) is 77.8 Å². The number of benzene rings is 4. The fourth-order valence-electron chi connectivity index (χ4n) is 8.16. The first kappa shape index (κ1) is 34.4. The lowest BCUT2D eigenvalue weighted by molar-refractivity contribution is -0.138. The maximum absolute atomic E-state index is 15.4. The van der Waals surface area contributed by atoms with E-state index in [0.717, 1.165) is 15.1 Å². The number of rotatable bonds is 8. The second-order valence-corrected chi connectivity index (χ2v) is 14.1. The molecular formula is C39H33Cl2N5O7. The van der Waals surface area contributed by atoms with Crippen LogP contribution in [0.1, 0.15) is 35.1 Å². The monoisotopic (exact) mass is 753 g/mol. The van der Waals surface area contributed by atoms with Gasteiger partial charge in [-0.3, -0.25) is 15.0 Å². The molecule has 5 aromatic rings. The van der Waals surface area contributed by atoms with Crippen LogP contribution in [0.2, 0.25) is 10.0 Å². The van der Waals surface area contributed by atoms with Gasteiger partial charge in [-0.05, 0) is 59.5 Å². The number of hydrogen-bond acceptors (Lipinski definition) is 8. The van der Waals surface area contributed by atoms with Crippen molar-refractivity contribution in [3.05, 3.63) is 150 Å². The van der Waals surface area contributed by atoms with Gasteiger partial charge in [-0.15, -0.1) is 0 Å². The molecule has 14 heteroatoms. The molecule has 2 N–H and O–H groups in total. The highest BCUT2D eigenvalue weighted by molar-refractivity contribution is 6.36. The number of carbonyl (C=O) groups is 2. The Kier molecular flexibility index (Phi) is 8.46. The molecule has 1 saturated heterocycles. The van der Waals surface area contributed by atoms with Gasteiger partial charge in [0.05, 0.1) is 41.7 Å². The number of carbonyl (C=O) groups excluding carboxylic acids is 2. The Labute approximate surface area is 312 Å². The van der Waals surface area contributed by atoms with Crippen molar-refractivity contribution in [2.75, 3.05) is 12.5 Å². The van der Waals surface area contributed by atoms with E-state index in [1.165, 1.54) is 35.7 Å². The number of aromatic nitrogens is 3. The standard InChI is InChI=1S/C39H33Cl2N5O7/c1-43-37(50)44-17-16-27-32(46(44)38(43)51)20-29-35(48)45(42-31-15-10-24(40)18-30(31)41)36(49)39(29,23-8-11-25(52-2)12-9-23)34(27)28-14-13-26(19-33(28)47)53-21-22-6-4-3-5-7-22/h3-16,18-19,29,32,34,42,47H,17,20-21H2,1-2H3/t29-,32+,34+,39+/m0/s1. The van der Waals surface area contributed by atoms with Crippen molar-refractivity contribution < 1.29 is 24.2 Å². The first-order chi connectivity index (χ1) is 25.5. The van der Waals surface area contributed by atoms with Gasteiger partial charge in [0.2, 0.25) is 0 Å². The summed E-state index contributed by atoms with van der Waals surface area (Å²) in [7, 11) is 2.93. The van der Waals surface area contributed by atoms with Crippen molar-refractivity contribution in [1.29, 1.82) is 0 Å². The van der Waals surface area contributed by atoms with E-state index in [9.17, 15) is 19.5 Å². The highest BCUT2D eigenvalue weighted by Gasteiger charge is 2.69. The van der Waals surface area contributed by atoms with Gasteiger partial charge >= 0.3 is 11.4 Å². The molecule has 4 aromatic carbocycles. The number of aromatic hydroxyl groups is 1. The van der Waals surface area contributed by atoms with Crippen molar-refractivity contribution in [2.45, 2.75) is 36.9 Å². The summed E-state index contributed by atoms with van der Waals surface area (Å²) in [5, 5.41) is 13.4. The van der Waals surface area contributed by atoms with E-state index in [-0.39, 0.29) is 36.0 Å². The lowest BCUT2D eigenvalue weighted by Crippen LogP contribution is -2.53. The number of phenols is 1. The lowest BCUT2D eigenvalue weighted by atomic mass is 9.53. The largest absolute Gasteiger partial charge is 0.508 e. The maximum Gasteiger partial charge on any atom is 0.347 e. The number of nitrogens with zero attached hydrogens (tertiary/aromatic N) is 4. The van der Waals surface area contributed by atoms with Crippen molar-refractivity contribution in [1.82, 2.24) is 18.9 Å². The Bertz CT molecular complexity index is 2440. The quantitative estimate of drug-likeness (QED) is 0.155. The second kappa shape index (κ2) is 13.0. The molecule has 4 atom stereocenters. The summed E-state index contributed by atoms with van der Waals surface area (Å²) < 4.78 is 15.2. The van der Waals surface area contributed by atoms with E-state index in [1.54, 1.807) is 48.5 Å². The molecule has 1 saturated carbocycles. The second-order valence-electron chi connectivity index (χ2n) is 13.3. The maximum atomic E-state index is 15.4. The molecular weight excluding hydrogens is 721 g/mol. The van der Waals surface area contributed by atoms with Gasteiger partial charge < -0.3 is 14.6 Å². The van der Waals surface area contributed by atoms with Crippen LogP contribution >= 0.6 is 23.2 Å². The highest BCUT2D eigenvalue weighted by Crippen LogP contribution is 2.63. The molecule has 2 amide bonds. The fraction of sp³-hybridized carbons (Fsp3) is 0.231. The fourth-order valence-corrected chi connectivity index (χ4v) is 8.61. The van der Waals surface area contributed by atoms with Crippen LogP contribution in [0.15, 0.2) is 112 Å². The number of fused-ring (bicyclic) bond motifs is 4. The van der Waals surface area contributed by atoms with Crippen molar-refractivity contribution >= 4 is 40.7 Å². The topological polar surface area (TPSA) is 137 Å². The summed E-state index contributed by atoms with van der Waals surface area (Å²) in [6.45, 7) is 0.285. The van der Waals surface area contributed by atoms with Crippen LogP contribution in [0.25, 0.3) is 0 Å². The number of imide groups is 1. The summed E-state index contributed by atoms with van der Waals surface area (Å²) in [4.78, 5) is 57.0. The Balaban J connectivity index is 1.33. The molecule has 8 rings (SSSR count). The molecule has 0 bridgehead atoms. The van der Waals surface area contributed by atoms with Crippen LogP contribution in [-0.4, -0.2) is 43.0 Å². The number of anilines is 1. The third kappa shape index (κ3) is 5.35. The summed E-state index contributed by atoms with van der Waals surface area (Å²) in [5.74, 6) is -2.51. The zero-order valence-electron chi connectivity index (χ0n) is 28.5. The van der Waals surface area contributed by atoms with E-state index in [4.69, 9.17) is 32.7 Å². The summed E-state index contributed by atoms with van der Waals surface area (Å²) in [6.07, 6.45) is 1.81. The van der Waals surface area contributed by atoms with Crippen LogP contribution in [0, 0.1) is 5.92 Å². The first-order valence-electron chi connectivity index (χ1n) is 16.9. The van der Waals surface area contributed by atoms with E-state index >= 15 is 4.79 Å². The number of hydrogen-bond donors (Lipinski definition) is 2. The molecule has 3 aliphatic rings. The Morgan fingerprint density at radius 3 is 2.34 bits per heavy atom. The lowest BCUT2D eigenvalue weighted by Gasteiger charge is -2.49. The molecule has 1 aromatic heterocycles. The van der Waals surface area contributed by atoms with E-state index in [1.807, 2.05) is 36.4 Å². The van der Waals surface area contributed by atoms with Crippen molar-refractivity contribution in [2.24, 2.45) is 13.0 Å². The van der Waals surface area contributed by atoms with Gasteiger partial charge in [-0.25, -0.2) is 23.5 Å². The minimum Gasteiger partial charge on any atom is -0.508 e. The number of amides is 2. The Hall–Kier alpha value is -5.72. The summed E-state index contributed by atoms with van der Waals surface area (Å²) >= 11 is 12.7.